The highest BCUT2D eigenvalue weighted by Gasteiger charge is 2.28. The van der Waals surface area contributed by atoms with Gasteiger partial charge in [0.25, 0.3) is 11.5 Å². The maximum Gasteiger partial charge on any atom is 0.267 e. The van der Waals surface area contributed by atoms with E-state index in [0.717, 1.165) is 24.3 Å². The van der Waals surface area contributed by atoms with Gasteiger partial charge >= 0.3 is 0 Å². The van der Waals surface area contributed by atoms with E-state index in [2.05, 4.69) is 31.0 Å². The minimum Gasteiger partial charge on any atom is -0.308 e. The lowest BCUT2D eigenvalue weighted by Gasteiger charge is -2.30. The SMILES string of the molecule is CC(C)c1ccc2c(c1)CCCN2C(=O)c1cnc2n(c1=O)CCS2. The third kappa shape index (κ3) is 2.78. The summed E-state index contributed by atoms with van der Waals surface area (Å²) in [6, 6.07) is 6.30. The molecule has 0 saturated carbocycles. The summed E-state index contributed by atoms with van der Waals surface area (Å²) in [5.41, 5.74) is 3.36. The molecule has 2 aromatic rings. The molecule has 6 heteroatoms. The Morgan fingerprint density at radius 1 is 1.28 bits per heavy atom. The van der Waals surface area contributed by atoms with Gasteiger partial charge in [0.05, 0.1) is 0 Å². The van der Waals surface area contributed by atoms with Crippen molar-refractivity contribution in [1.29, 1.82) is 0 Å². The van der Waals surface area contributed by atoms with Gasteiger partial charge in [0.15, 0.2) is 5.16 Å². The minimum absolute atomic E-state index is 0.173. The fourth-order valence-electron chi connectivity index (χ4n) is 3.50. The zero-order valence-corrected chi connectivity index (χ0v) is 15.3. The second-order valence-electron chi connectivity index (χ2n) is 6.86. The summed E-state index contributed by atoms with van der Waals surface area (Å²) in [5.74, 6) is 1.06. The van der Waals surface area contributed by atoms with Crippen molar-refractivity contribution < 1.29 is 4.79 Å². The molecule has 0 atom stereocenters. The molecule has 0 bridgehead atoms. The van der Waals surface area contributed by atoms with Crippen molar-refractivity contribution in [3.63, 3.8) is 0 Å². The first kappa shape index (κ1) is 16.4. The molecule has 0 aliphatic carbocycles. The van der Waals surface area contributed by atoms with Gasteiger partial charge in [0.2, 0.25) is 0 Å². The first-order valence-corrected chi connectivity index (χ1v) is 9.72. The van der Waals surface area contributed by atoms with Gasteiger partial charge < -0.3 is 4.90 Å². The number of hydrogen-bond donors (Lipinski definition) is 0. The highest BCUT2D eigenvalue weighted by atomic mass is 32.2. The van der Waals surface area contributed by atoms with Gasteiger partial charge in [0.1, 0.15) is 5.56 Å². The van der Waals surface area contributed by atoms with E-state index in [4.69, 9.17) is 0 Å². The third-order valence-electron chi connectivity index (χ3n) is 4.92. The highest BCUT2D eigenvalue weighted by molar-refractivity contribution is 7.99. The van der Waals surface area contributed by atoms with E-state index in [0.29, 0.717) is 24.2 Å². The average Bonchev–Trinajstić information content (AvgIpc) is 3.10. The average molecular weight is 355 g/mol. The Kier molecular flexibility index (Phi) is 4.15. The third-order valence-corrected chi connectivity index (χ3v) is 5.89. The Morgan fingerprint density at radius 2 is 2.12 bits per heavy atom. The first-order chi connectivity index (χ1) is 12.1. The molecule has 0 N–H and O–H groups in total. The Bertz CT molecular complexity index is 904. The summed E-state index contributed by atoms with van der Waals surface area (Å²) in [7, 11) is 0. The van der Waals surface area contributed by atoms with Crippen LogP contribution in [0.25, 0.3) is 0 Å². The summed E-state index contributed by atoms with van der Waals surface area (Å²) < 4.78 is 1.62. The van der Waals surface area contributed by atoms with E-state index in [1.807, 2.05) is 6.07 Å². The van der Waals surface area contributed by atoms with E-state index >= 15 is 0 Å². The number of hydrogen-bond acceptors (Lipinski definition) is 4. The zero-order valence-electron chi connectivity index (χ0n) is 14.5. The highest BCUT2D eigenvalue weighted by Crippen LogP contribution is 2.31. The van der Waals surface area contributed by atoms with Crippen molar-refractivity contribution >= 4 is 23.4 Å². The fraction of sp³-hybridized carbons (Fsp3) is 0.421. The number of nitrogens with zero attached hydrogens (tertiary/aromatic N) is 3. The summed E-state index contributed by atoms with van der Waals surface area (Å²) in [5, 5.41) is 0.710. The number of rotatable bonds is 2. The molecular weight excluding hydrogens is 334 g/mol. The molecule has 1 amide bonds. The van der Waals surface area contributed by atoms with Crippen LogP contribution >= 0.6 is 11.8 Å². The standard InChI is InChI=1S/C19H21N3O2S/c1-12(2)13-5-6-16-14(10-13)4-3-7-21(16)17(23)15-11-20-19-22(18(15)24)8-9-25-19/h5-6,10-12H,3-4,7-9H2,1-2H3. The lowest BCUT2D eigenvalue weighted by molar-refractivity contribution is 0.0982. The minimum atomic E-state index is -0.233. The molecule has 2 aliphatic rings. The van der Waals surface area contributed by atoms with E-state index in [-0.39, 0.29) is 17.0 Å². The predicted molar refractivity (Wildman–Crippen MR) is 99.7 cm³/mol. The monoisotopic (exact) mass is 355 g/mol. The molecular formula is C19H21N3O2S. The summed E-state index contributed by atoms with van der Waals surface area (Å²) >= 11 is 1.56. The van der Waals surface area contributed by atoms with E-state index in [9.17, 15) is 9.59 Å². The van der Waals surface area contributed by atoms with Crippen LogP contribution in [0.4, 0.5) is 5.69 Å². The van der Waals surface area contributed by atoms with E-state index < -0.39 is 0 Å². The molecule has 0 saturated heterocycles. The van der Waals surface area contributed by atoms with Crippen molar-refractivity contribution in [3.05, 3.63) is 51.4 Å². The van der Waals surface area contributed by atoms with Crippen LogP contribution < -0.4 is 10.5 Å². The molecule has 25 heavy (non-hydrogen) atoms. The van der Waals surface area contributed by atoms with Gasteiger partial charge in [-0.2, -0.15) is 0 Å². The zero-order chi connectivity index (χ0) is 17.6. The molecule has 5 nitrogen and oxygen atoms in total. The van der Waals surface area contributed by atoms with Crippen LogP contribution in [0.15, 0.2) is 34.3 Å². The number of anilines is 1. The van der Waals surface area contributed by atoms with Crippen LogP contribution in [0.2, 0.25) is 0 Å². The molecule has 0 spiro atoms. The Labute approximate surface area is 151 Å². The number of fused-ring (bicyclic) bond motifs is 2. The predicted octanol–water partition coefficient (Wildman–Crippen LogP) is 3.07. The van der Waals surface area contributed by atoms with E-state index in [1.54, 1.807) is 21.2 Å². The Balaban J connectivity index is 1.72. The van der Waals surface area contributed by atoms with Crippen molar-refractivity contribution in [1.82, 2.24) is 9.55 Å². The van der Waals surface area contributed by atoms with Gasteiger partial charge in [-0.05, 0) is 36.0 Å². The molecule has 0 radical (unpaired) electrons. The second kappa shape index (κ2) is 6.33. The number of carbonyl (C=O) groups excluding carboxylic acids is 1. The lowest BCUT2D eigenvalue weighted by atomic mass is 9.94. The maximum absolute atomic E-state index is 13.1. The van der Waals surface area contributed by atoms with E-state index in [1.165, 1.54) is 17.3 Å². The molecule has 0 unspecified atom stereocenters. The summed E-state index contributed by atoms with van der Waals surface area (Å²) in [6.07, 6.45) is 3.33. The fourth-order valence-corrected chi connectivity index (χ4v) is 4.41. The summed E-state index contributed by atoms with van der Waals surface area (Å²) in [6.45, 7) is 5.61. The van der Waals surface area contributed by atoms with Crippen LogP contribution in [0.3, 0.4) is 0 Å². The molecule has 1 aromatic carbocycles. The van der Waals surface area contributed by atoms with Crippen molar-refractivity contribution in [2.24, 2.45) is 0 Å². The molecule has 4 rings (SSSR count). The number of carbonyl (C=O) groups is 1. The van der Waals surface area contributed by atoms with Crippen molar-refractivity contribution in [3.8, 4) is 0 Å². The van der Waals surface area contributed by atoms with Crippen molar-refractivity contribution in [2.75, 3.05) is 17.2 Å². The van der Waals surface area contributed by atoms with Crippen LogP contribution in [0.1, 0.15) is 47.7 Å². The molecule has 1 aromatic heterocycles. The van der Waals surface area contributed by atoms with Gasteiger partial charge in [-0.1, -0.05) is 37.7 Å². The number of amides is 1. The quantitative estimate of drug-likeness (QED) is 0.777. The lowest BCUT2D eigenvalue weighted by Crippen LogP contribution is -2.39. The van der Waals surface area contributed by atoms with Gasteiger partial charge in [-0.15, -0.1) is 0 Å². The normalized spacial score (nSPS) is 16.0. The van der Waals surface area contributed by atoms with Crippen LogP contribution in [-0.4, -0.2) is 27.8 Å². The molecule has 0 fully saturated rings. The number of aryl methyl sites for hydroxylation is 1. The van der Waals surface area contributed by atoms with Crippen molar-refractivity contribution in [2.45, 2.75) is 44.3 Å². The van der Waals surface area contributed by atoms with Crippen LogP contribution in [0.5, 0.6) is 0 Å². The topological polar surface area (TPSA) is 55.2 Å². The molecule has 2 aliphatic heterocycles. The van der Waals surface area contributed by atoms with Crippen LogP contribution in [-0.2, 0) is 13.0 Å². The number of benzene rings is 1. The second-order valence-corrected chi connectivity index (χ2v) is 7.92. The number of thioether (sulfide) groups is 1. The first-order valence-electron chi connectivity index (χ1n) is 8.73. The maximum atomic E-state index is 13.1. The smallest absolute Gasteiger partial charge is 0.267 e. The van der Waals surface area contributed by atoms with Gasteiger partial charge in [0, 0.05) is 30.7 Å². The molecule has 3 heterocycles. The Hall–Kier alpha value is -2.08. The van der Waals surface area contributed by atoms with Crippen LogP contribution in [0, 0.1) is 0 Å². The Morgan fingerprint density at radius 3 is 2.92 bits per heavy atom. The largest absolute Gasteiger partial charge is 0.308 e. The van der Waals surface area contributed by atoms with Gasteiger partial charge in [-0.25, -0.2) is 4.98 Å². The summed E-state index contributed by atoms with van der Waals surface area (Å²) in [4.78, 5) is 31.8. The van der Waals surface area contributed by atoms with Gasteiger partial charge in [-0.3, -0.25) is 14.2 Å². The molecule has 130 valence electrons. The number of aromatic nitrogens is 2.